The highest BCUT2D eigenvalue weighted by atomic mass is 32.2. The molecule has 0 atom stereocenters. The molecule has 2 aromatic carbocycles. The number of halogens is 1. The number of sulfonamides is 1. The second kappa shape index (κ2) is 10.4. The van der Waals surface area contributed by atoms with Crippen LogP contribution in [0, 0.1) is 5.82 Å². The zero-order valence-corrected chi connectivity index (χ0v) is 19.4. The topological polar surface area (TPSA) is 115 Å². The lowest BCUT2D eigenvalue weighted by atomic mass is 10.2. The van der Waals surface area contributed by atoms with E-state index in [0.717, 1.165) is 28.1 Å². The van der Waals surface area contributed by atoms with Gasteiger partial charge in [-0.3, -0.25) is 10.1 Å². The molecule has 1 fully saturated rings. The zero-order chi connectivity index (χ0) is 24.1. The van der Waals surface area contributed by atoms with Gasteiger partial charge in [-0.15, -0.1) is 11.3 Å². The van der Waals surface area contributed by atoms with Crippen LogP contribution in [-0.2, 0) is 24.3 Å². The van der Waals surface area contributed by atoms with Crippen LogP contribution in [-0.4, -0.2) is 62.5 Å². The molecule has 178 valence electrons. The molecule has 9 nitrogen and oxygen atoms in total. The minimum Gasteiger partial charge on any atom is -0.452 e. The Kier molecular flexibility index (Phi) is 7.32. The Morgan fingerprint density at radius 3 is 2.62 bits per heavy atom. The van der Waals surface area contributed by atoms with Gasteiger partial charge in [0.25, 0.3) is 5.91 Å². The van der Waals surface area contributed by atoms with E-state index in [9.17, 15) is 22.4 Å². The third-order valence-electron chi connectivity index (χ3n) is 4.91. The van der Waals surface area contributed by atoms with Gasteiger partial charge in [0, 0.05) is 24.0 Å². The lowest BCUT2D eigenvalue weighted by Crippen LogP contribution is -2.41. The van der Waals surface area contributed by atoms with E-state index in [1.54, 1.807) is 5.38 Å². The van der Waals surface area contributed by atoms with Gasteiger partial charge < -0.3 is 9.47 Å². The largest absolute Gasteiger partial charge is 0.452 e. The van der Waals surface area contributed by atoms with Crippen LogP contribution >= 0.6 is 11.3 Å². The number of carbonyl (C=O) groups is 2. The van der Waals surface area contributed by atoms with Crippen LogP contribution in [0.15, 0.2) is 58.8 Å². The third kappa shape index (κ3) is 5.47. The van der Waals surface area contributed by atoms with Crippen molar-refractivity contribution in [2.45, 2.75) is 4.90 Å². The summed E-state index contributed by atoms with van der Waals surface area (Å²) in [4.78, 5) is 28.3. The molecular formula is C22H20FN3O6S2. The highest BCUT2D eigenvalue weighted by Gasteiger charge is 2.30. The fourth-order valence-corrected chi connectivity index (χ4v) is 5.43. The summed E-state index contributed by atoms with van der Waals surface area (Å²) >= 11 is 1.22. The van der Waals surface area contributed by atoms with Gasteiger partial charge in [0.2, 0.25) is 10.0 Å². The number of anilines is 1. The van der Waals surface area contributed by atoms with Crippen LogP contribution in [0.4, 0.5) is 9.52 Å². The number of esters is 1. The number of carbonyl (C=O) groups excluding carboxylic acids is 2. The van der Waals surface area contributed by atoms with Crippen LogP contribution in [0.5, 0.6) is 0 Å². The van der Waals surface area contributed by atoms with Gasteiger partial charge in [0.05, 0.1) is 24.5 Å². The molecule has 1 aliphatic heterocycles. The van der Waals surface area contributed by atoms with E-state index in [1.807, 2.05) is 30.3 Å². The Hall–Kier alpha value is -3.19. The van der Waals surface area contributed by atoms with Gasteiger partial charge in [-0.05, 0) is 18.2 Å². The summed E-state index contributed by atoms with van der Waals surface area (Å²) in [5.74, 6) is -2.57. The molecule has 12 heteroatoms. The number of nitrogens with zero attached hydrogens (tertiary/aromatic N) is 2. The second-order valence-corrected chi connectivity index (χ2v) is 9.95. The van der Waals surface area contributed by atoms with Crippen molar-refractivity contribution in [1.29, 1.82) is 0 Å². The van der Waals surface area contributed by atoms with Crippen molar-refractivity contribution >= 4 is 38.4 Å². The van der Waals surface area contributed by atoms with Crippen molar-refractivity contribution in [3.8, 4) is 11.3 Å². The van der Waals surface area contributed by atoms with E-state index >= 15 is 0 Å². The molecular weight excluding hydrogens is 485 g/mol. The normalized spacial score (nSPS) is 14.5. The highest BCUT2D eigenvalue weighted by molar-refractivity contribution is 7.89. The number of amides is 1. The Morgan fingerprint density at radius 2 is 1.88 bits per heavy atom. The summed E-state index contributed by atoms with van der Waals surface area (Å²) in [6.07, 6.45) is 0. The minimum absolute atomic E-state index is 0.0827. The first-order chi connectivity index (χ1) is 16.3. The number of morpholine rings is 1. The Labute approximate surface area is 199 Å². The van der Waals surface area contributed by atoms with Crippen LogP contribution < -0.4 is 5.32 Å². The molecule has 3 aromatic rings. The standard InChI is InChI=1S/C22H20FN3O6S2/c23-17-7-6-16(12-19(17)34(29,30)26-8-10-31-11-9-26)21(28)32-13-20(27)25-22-24-18(14-33-22)15-4-2-1-3-5-15/h1-7,12,14H,8-11,13H2,(H,24,25,27). The molecule has 34 heavy (non-hydrogen) atoms. The smallest absolute Gasteiger partial charge is 0.338 e. The van der Waals surface area contributed by atoms with E-state index in [4.69, 9.17) is 9.47 Å². The third-order valence-corrected chi connectivity index (χ3v) is 7.58. The van der Waals surface area contributed by atoms with E-state index < -0.39 is 39.2 Å². The van der Waals surface area contributed by atoms with Gasteiger partial charge in [-0.1, -0.05) is 30.3 Å². The number of benzene rings is 2. The van der Waals surface area contributed by atoms with E-state index in [-0.39, 0.29) is 31.9 Å². The first kappa shape index (κ1) is 24.0. The maximum absolute atomic E-state index is 14.3. The van der Waals surface area contributed by atoms with Crippen LogP contribution in [0.1, 0.15) is 10.4 Å². The van der Waals surface area contributed by atoms with Gasteiger partial charge in [0.15, 0.2) is 11.7 Å². The van der Waals surface area contributed by atoms with Crippen molar-refractivity contribution in [2.24, 2.45) is 0 Å². The quantitative estimate of drug-likeness (QED) is 0.491. The molecule has 1 N–H and O–H groups in total. The molecule has 0 saturated carbocycles. The summed E-state index contributed by atoms with van der Waals surface area (Å²) in [7, 11) is -4.16. The number of hydrogen-bond donors (Lipinski definition) is 1. The fraction of sp³-hybridized carbons (Fsp3) is 0.227. The van der Waals surface area contributed by atoms with Gasteiger partial charge in [-0.25, -0.2) is 22.6 Å². The van der Waals surface area contributed by atoms with Crippen molar-refractivity contribution in [3.63, 3.8) is 0 Å². The Morgan fingerprint density at radius 1 is 1.15 bits per heavy atom. The summed E-state index contributed by atoms with van der Waals surface area (Å²) in [5.41, 5.74) is 1.39. The maximum Gasteiger partial charge on any atom is 0.338 e. The molecule has 1 amide bonds. The zero-order valence-electron chi connectivity index (χ0n) is 17.8. The molecule has 2 heterocycles. The minimum atomic E-state index is -4.16. The Bertz CT molecular complexity index is 1290. The SMILES string of the molecule is O=C(COC(=O)c1ccc(F)c(S(=O)(=O)N2CCOCC2)c1)Nc1nc(-c2ccccc2)cs1. The van der Waals surface area contributed by atoms with E-state index in [0.29, 0.717) is 10.8 Å². The molecule has 0 bridgehead atoms. The average molecular weight is 506 g/mol. The van der Waals surface area contributed by atoms with Gasteiger partial charge in [0.1, 0.15) is 10.7 Å². The van der Waals surface area contributed by atoms with E-state index in [2.05, 4.69) is 10.3 Å². The predicted octanol–water partition coefficient (Wildman–Crippen LogP) is 2.77. The monoisotopic (exact) mass is 505 g/mol. The number of rotatable bonds is 7. The van der Waals surface area contributed by atoms with Crippen LogP contribution in [0.3, 0.4) is 0 Å². The molecule has 1 aliphatic rings. The second-order valence-electron chi connectivity index (χ2n) is 7.19. The number of hydrogen-bond acceptors (Lipinski definition) is 8. The summed E-state index contributed by atoms with van der Waals surface area (Å²) in [6.45, 7) is -0.0615. The van der Waals surface area contributed by atoms with Crippen molar-refractivity contribution in [3.05, 3.63) is 65.3 Å². The molecule has 0 radical (unpaired) electrons. The molecule has 4 rings (SSSR count). The van der Waals surface area contributed by atoms with Crippen LogP contribution in [0.2, 0.25) is 0 Å². The lowest BCUT2D eigenvalue weighted by molar-refractivity contribution is -0.119. The average Bonchev–Trinajstić information content (AvgIpc) is 3.32. The number of nitrogens with one attached hydrogen (secondary N) is 1. The van der Waals surface area contributed by atoms with E-state index in [1.165, 1.54) is 11.3 Å². The predicted molar refractivity (Wildman–Crippen MR) is 122 cm³/mol. The van der Waals surface area contributed by atoms with Crippen molar-refractivity contribution < 1.29 is 31.9 Å². The summed E-state index contributed by atoms with van der Waals surface area (Å²) < 4.78 is 51.0. The van der Waals surface area contributed by atoms with Gasteiger partial charge >= 0.3 is 5.97 Å². The molecule has 1 aromatic heterocycles. The lowest BCUT2D eigenvalue weighted by Gasteiger charge is -2.26. The fourth-order valence-electron chi connectivity index (χ4n) is 3.20. The first-order valence-corrected chi connectivity index (χ1v) is 12.5. The molecule has 0 unspecified atom stereocenters. The summed E-state index contributed by atoms with van der Waals surface area (Å²) in [5, 5.41) is 4.66. The first-order valence-electron chi connectivity index (χ1n) is 10.2. The van der Waals surface area contributed by atoms with Gasteiger partial charge in [-0.2, -0.15) is 4.31 Å². The number of aromatic nitrogens is 1. The van der Waals surface area contributed by atoms with Crippen LogP contribution in [0.25, 0.3) is 11.3 Å². The highest BCUT2D eigenvalue weighted by Crippen LogP contribution is 2.25. The van der Waals surface area contributed by atoms with Crippen molar-refractivity contribution in [2.75, 3.05) is 38.2 Å². The Balaban J connectivity index is 1.38. The van der Waals surface area contributed by atoms with Crippen molar-refractivity contribution in [1.82, 2.24) is 9.29 Å². The molecule has 0 aliphatic carbocycles. The summed E-state index contributed by atoms with van der Waals surface area (Å²) in [6, 6.07) is 12.3. The maximum atomic E-state index is 14.3. The number of ether oxygens (including phenoxy) is 2. The molecule has 1 saturated heterocycles. The number of thiazole rings is 1. The molecule has 0 spiro atoms.